The van der Waals surface area contributed by atoms with Crippen LogP contribution in [0.2, 0.25) is 0 Å². The van der Waals surface area contributed by atoms with Gasteiger partial charge in [0, 0.05) is 24.7 Å². The van der Waals surface area contributed by atoms with Crippen molar-refractivity contribution in [2.75, 3.05) is 13.1 Å². The number of carbonyl (C=O) groups is 1. The van der Waals surface area contributed by atoms with Gasteiger partial charge in [0.2, 0.25) is 5.88 Å². The zero-order valence-electron chi connectivity index (χ0n) is 18.3. The topological polar surface area (TPSA) is 81.3 Å². The first-order valence-corrected chi connectivity index (χ1v) is 12.5. The minimum atomic E-state index is 0.146. The number of aromatic nitrogens is 2. The Balaban J connectivity index is 1.22. The van der Waals surface area contributed by atoms with Gasteiger partial charge in [-0.25, -0.2) is 4.98 Å². The number of fused-ring (bicyclic) bond motifs is 2. The molecule has 0 spiro atoms. The Morgan fingerprint density at radius 1 is 1.19 bits per heavy atom. The summed E-state index contributed by atoms with van der Waals surface area (Å²) in [6.07, 6.45) is 4.60. The van der Waals surface area contributed by atoms with E-state index in [2.05, 4.69) is 22.1 Å². The number of rotatable bonds is 5. The van der Waals surface area contributed by atoms with Crippen LogP contribution in [0, 0.1) is 18.8 Å². The predicted molar refractivity (Wildman–Crippen MR) is 125 cm³/mol. The predicted octanol–water partition coefficient (Wildman–Crippen LogP) is 4.27. The van der Waals surface area contributed by atoms with Crippen LogP contribution in [0.25, 0.3) is 10.2 Å². The van der Waals surface area contributed by atoms with E-state index in [9.17, 15) is 4.79 Å². The highest BCUT2D eigenvalue weighted by Gasteiger charge is 2.42. The Morgan fingerprint density at radius 3 is 2.88 bits per heavy atom. The lowest BCUT2D eigenvalue weighted by Gasteiger charge is -2.20. The lowest BCUT2D eigenvalue weighted by Crippen LogP contribution is -2.33. The molecule has 3 atom stereocenters. The molecule has 1 aliphatic heterocycles. The maximum Gasteiger partial charge on any atom is 0.253 e. The van der Waals surface area contributed by atoms with E-state index in [0.29, 0.717) is 36.1 Å². The van der Waals surface area contributed by atoms with Gasteiger partial charge in [-0.2, -0.15) is 4.98 Å². The number of ether oxygens (including phenoxy) is 1. The number of benzene rings is 1. The molecule has 1 aromatic carbocycles. The van der Waals surface area contributed by atoms with Crippen molar-refractivity contribution in [3.8, 4) is 5.88 Å². The van der Waals surface area contributed by atoms with Crippen molar-refractivity contribution in [2.45, 2.75) is 51.2 Å². The fourth-order valence-electron chi connectivity index (χ4n) is 5.48. The molecule has 2 aliphatic carbocycles. The van der Waals surface area contributed by atoms with Crippen LogP contribution in [0.15, 0.2) is 29.6 Å². The lowest BCUT2D eigenvalue weighted by molar-refractivity contribution is 0.0779. The lowest BCUT2D eigenvalue weighted by atomic mass is 9.98. The Morgan fingerprint density at radius 2 is 2.06 bits per heavy atom. The number of aryl methyl sites for hydroxylation is 1. The van der Waals surface area contributed by atoms with E-state index in [-0.39, 0.29) is 11.9 Å². The van der Waals surface area contributed by atoms with Crippen molar-refractivity contribution in [1.82, 2.24) is 14.9 Å². The van der Waals surface area contributed by atoms with Crippen LogP contribution in [-0.4, -0.2) is 39.9 Å². The third kappa shape index (κ3) is 3.57. The van der Waals surface area contributed by atoms with Gasteiger partial charge in [0.25, 0.3) is 5.91 Å². The van der Waals surface area contributed by atoms with Crippen molar-refractivity contribution in [1.29, 1.82) is 0 Å². The minimum Gasteiger partial charge on any atom is -0.472 e. The third-order valence-corrected chi connectivity index (χ3v) is 8.18. The summed E-state index contributed by atoms with van der Waals surface area (Å²) in [4.78, 5) is 25.2. The molecule has 6 rings (SSSR count). The van der Waals surface area contributed by atoms with Gasteiger partial charge in [-0.15, -0.1) is 11.3 Å². The van der Waals surface area contributed by atoms with E-state index in [0.717, 1.165) is 47.3 Å². The number of nitrogens with two attached hydrogens (primary N) is 1. The van der Waals surface area contributed by atoms with Crippen molar-refractivity contribution < 1.29 is 9.53 Å². The standard InChI is InChI=1S/C25H28N4O2S/c1-14-27-23(19-8-9-32-24(19)28-14)31-13-18-5-4-16(10-20(18)15-2-3-15)25(30)29-11-17-6-7-22(26)21(17)12-29/h4-5,8-10,15,17,21-22H,2-3,6-7,11-13,26H2,1H3. The molecule has 1 saturated heterocycles. The summed E-state index contributed by atoms with van der Waals surface area (Å²) in [5.74, 6) is 3.08. The number of thiophene rings is 1. The first kappa shape index (κ1) is 20.1. The summed E-state index contributed by atoms with van der Waals surface area (Å²) in [5, 5.41) is 2.97. The van der Waals surface area contributed by atoms with Gasteiger partial charge in [0.05, 0.1) is 5.39 Å². The zero-order valence-corrected chi connectivity index (χ0v) is 19.1. The highest BCUT2D eigenvalue weighted by atomic mass is 32.1. The molecule has 32 heavy (non-hydrogen) atoms. The van der Waals surface area contributed by atoms with Crippen LogP contribution in [-0.2, 0) is 6.61 Å². The van der Waals surface area contributed by atoms with E-state index >= 15 is 0 Å². The van der Waals surface area contributed by atoms with Gasteiger partial charge in [-0.1, -0.05) is 6.07 Å². The zero-order chi connectivity index (χ0) is 21.8. The van der Waals surface area contributed by atoms with Crippen molar-refractivity contribution >= 4 is 27.5 Å². The van der Waals surface area contributed by atoms with E-state index in [1.165, 1.54) is 18.4 Å². The number of nitrogens with zero attached hydrogens (tertiary/aromatic N) is 3. The van der Waals surface area contributed by atoms with Crippen molar-refractivity contribution in [3.05, 3.63) is 52.2 Å². The molecule has 1 amide bonds. The summed E-state index contributed by atoms with van der Waals surface area (Å²) in [7, 11) is 0. The van der Waals surface area contributed by atoms with E-state index in [4.69, 9.17) is 10.5 Å². The van der Waals surface area contributed by atoms with Crippen LogP contribution in [0.5, 0.6) is 5.88 Å². The fourth-order valence-corrected chi connectivity index (χ4v) is 6.28. The summed E-state index contributed by atoms with van der Waals surface area (Å²) in [6, 6.07) is 8.40. The van der Waals surface area contributed by atoms with Gasteiger partial charge >= 0.3 is 0 Å². The number of likely N-dealkylation sites (tertiary alicyclic amines) is 1. The summed E-state index contributed by atoms with van der Waals surface area (Å²) in [5.41, 5.74) is 9.46. The molecule has 3 aliphatic rings. The molecule has 3 fully saturated rings. The van der Waals surface area contributed by atoms with Gasteiger partial charge < -0.3 is 15.4 Å². The maximum atomic E-state index is 13.3. The number of amides is 1. The van der Waals surface area contributed by atoms with Gasteiger partial charge in [0.1, 0.15) is 17.3 Å². The largest absolute Gasteiger partial charge is 0.472 e. The second kappa shape index (κ2) is 7.81. The summed E-state index contributed by atoms with van der Waals surface area (Å²) in [6.45, 7) is 3.99. The Hall–Kier alpha value is -2.51. The molecule has 0 radical (unpaired) electrons. The molecule has 2 saturated carbocycles. The molecule has 2 N–H and O–H groups in total. The second-order valence-corrected chi connectivity index (χ2v) is 10.5. The SMILES string of the molecule is Cc1nc(OCc2ccc(C(=O)N3CC4CCC(N)C4C3)cc2C2CC2)c2ccsc2n1. The maximum absolute atomic E-state index is 13.3. The normalized spacial score (nSPS) is 24.8. The first-order chi connectivity index (χ1) is 15.6. The molecule has 3 unspecified atom stereocenters. The van der Waals surface area contributed by atoms with Gasteiger partial charge in [-0.3, -0.25) is 4.79 Å². The molecule has 7 heteroatoms. The quantitative estimate of drug-likeness (QED) is 0.631. The minimum absolute atomic E-state index is 0.146. The van der Waals surface area contributed by atoms with Crippen LogP contribution in [0.4, 0.5) is 0 Å². The second-order valence-electron chi connectivity index (χ2n) is 9.57. The number of hydrogen-bond donors (Lipinski definition) is 1. The molecule has 3 heterocycles. The van der Waals surface area contributed by atoms with Crippen LogP contribution < -0.4 is 10.5 Å². The third-order valence-electron chi connectivity index (χ3n) is 7.38. The first-order valence-electron chi connectivity index (χ1n) is 11.6. The van der Waals surface area contributed by atoms with Gasteiger partial charge in [-0.05, 0) is 85.1 Å². The molecule has 166 valence electrons. The Bertz CT molecular complexity index is 1190. The smallest absolute Gasteiger partial charge is 0.253 e. The molecule has 2 aromatic heterocycles. The van der Waals surface area contributed by atoms with Gasteiger partial charge in [0.15, 0.2) is 0 Å². The van der Waals surface area contributed by atoms with E-state index in [1.54, 1.807) is 11.3 Å². The molecular weight excluding hydrogens is 420 g/mol. The number of carbonyl (C=O) groups excluding carboxylic acids is 1. The molecule has 0 bridgehead atoms. The summed E-state index contributed by atoms with van der Waals surface area (Å²) < 4.78 is 6.17. The Labute approximate surface area is 191 Å². The monoisotopic (exact) mass is 448 g/mol. The molecule has 6 nitrogen and oxygen atoms in total. The van der Waals surface area contributed by atoms with E-state index in [1.807, 2.05) is 29.3 Å². The van der Waals surface area contributed by atoms with E-state index < -0.39 is 0 Å². The van der Waals surface area contributed by atoms with Crippen molar-refractivity contribution in [3.63, 3.8) is 0 Å². The van der Waals surface area contributed by atoms with Crippen LogP contribution in [0.1, 0.15) is 58.9 Å². The molecule has 3 aromatic rings. The van der Waals surface area contributed by atoms with Crippen LogP contribution >= 0.6 is 11.3 Å². The van der Waals surface area contributed by atoms with Crippen molar-refractivity contribution in [2.24, 2.45) is 17.6 Å². The fraction of sp³-hybridized carbons (Fsp3) is 0.480. The average molecular weight is 449 g/mol. The highest BCUT2D eigenvalue weighted by Crippen LogP contribution is 2.43. The Kier molecular flexibility index (Phi) is 4.91. The van der Waals surface area contributed by atoms with Crippen LogP contribution in [0.3, 0.4) is 0 Å². The summed E-state index contributed by atoms with van der Waals surface area (Å²) >= 11 is 1.60. The molecular formula is C25H28N4O2S. The average Bonchev–Trinajstić information content (AvgIpc) is 3.21. The highest BCUT2D eigenvalue weighted by molar-refractivity contribution is 7.16. The number of hydrogen-bond acceptors (Lipinski definition) is 6.